The van der Waals surface area contributed by atoms with Gasteiger partial charge in [-0.2, -0.15) is 5.10 Å². The molecule has 1 N–H and O–H groups in total. The first-order chi connectivity index (χ1) is 10.2. The van der Waals surface area contributed by atoms with Crippen LogP contribution in [0.3, 0.4) is 0 Å². The van der Waals surface area contributed by atoms with E-state index >= 15 is 0 Å². The molecule has 0 fully saturated rings. The molecule has 21 heavy (non-hydrogen) atoms. The first-order valence-electron chi connectivity index (χ1n) is 7.16. The zero-order valence-electron chi connectivity index (χ0n) is 12.3. The number of rotatable bonds is 4. The summed E-state index contributed by atoms with van der Waals surface area (Å²) in [4.78, 5) is 0. The number of hydrogen-bond donors (Lipinski definition) is 1. The third-order valence-electron chi connectivity index (χ3n) is 3.57. The fourth-order valence-corrected chi connectivity index (χ4v) is 2.46. The van der Waals surface area contributed by atoms with E-state index in [-0.39, 0.29) is 6.04 Å². The van der Waals surface area contributed by atoms with Gasteiger partial charge in [0.2, 0.25) is 0 Å². The zero-order chi connectivity index (χ0) is 14.7. The minimum atomic E-state index is 0.238. The summed E-state index contributed by atoms with van der Waals surface area (Å²) in [6.45, 7) is 4.29. The van der Waals surface area contributed by atoms with Gasteiger partial charge in [0, 0.05) is 18.4 Å². The van der Waals surface area contributed by atoms with E-state index in [2.05, 4.69) is 60.7 Å². The molecule has 3 heteroatoms. The fourth-order valence-electron chi connectivity index (χ4n) is 2.46. The molecule has 0 spiro atoms. The third kappa shape index (κ3) is 2.97. The van der Waals surface area contributed by atoms with E-state index in [0.29, 0.717) is 0 Å². The van der Waals surface area contributed by atoms with E-state index in [1.54, 1.807) is 6.20 Å². The number of hydrogen-bond acceptors (Lipinski definition) is 2. The Hall–Kier alpha value is -2.55. The lowest BCUT2D eigenvalue weighted by Gasteiger charge is -2.19. The molecular weight excluding hydrogens is 258 g/mol. The highest BCUT2D eigenvalue weighted by Crippen LogP contribution is 2.25. The highest BCUT2D eigenvalue weighted by atomic mass is 15.3. The molecule has 0 amide bonds. The molecule has 0 aliphatic rings. The second-order valence-corrected chi connectivity index (χ2v) is 5.25. The Labute approximate surface area is 125 Å². The van der Waals surface area contributed by atoms with E-state index in [1.807, 2.05) is 29.1 Å². The van der Waals surface area contributed by atoms with Crippen molar-refractivity contribution in [2.75, 3.05) is 5.32 Å². The fraction of sp³-hybridized carbons (Fsp3) is 0.167. The van der Waals surface area contributed by atoms with Crippen LogP contribution in [0.1, 0.15) is 24.1 Å². The number of aromatic nitrogens is 2. The summed E-state index contributed by atoms with van der Waals surface area (Å²) >= 11 is 0. The van der Waals surface area contributed by atoms with Crippen LogP contribution in [0.5, 0.6) is 0 Å². The van der Waals surface area contributed by atoms with Crippen molar-refractivity contribution in [3.05, 3.63) is 78.1 Å². The largest absolute Gasteiger partial charge is 0.377 e. The molecule has 0 saturated heterocycles. The number of nitrogens with zero attached hydrogens (tertiary/aromatic N) is 2. The van der Waals surface area contributed by atoms with Crippen molar-refractivity contribution < 1.29 is 0 Å². The molecule has 0 aliphatic carbocycles. The van der Waals surface area contributed by atoms with Crippen molar-refractivity contribution in [3.63, 3.8) is 0 Å². The summed E-state index contributed by atoms with van der Waals surface area (Å²) in [7, 11) is 0. The summed E-state index contributed by atoms with van der Waals surface area (Å²) < 4.78 is 1.88. The SMILES string of the molecule is Cc1cccc(C(C)Nc2ccccc2-n2cccn2)c1. The Morgan fingerprint density at radius 1 is 1.05 bits per heavy atom. The lowest BCUT2D eigenvalue weighted by Crippen LogP contribution is -2.09. The highest BCUT2D eigenvalue weighted by Gasteiger charge is 2.09. The number of anilines is 1. The molecule has 3 aromatic rings. The summed E-state index contributed by atoms with van der Waals surface area (Å²) in [6, 6.07) is 19.0. The van der Waals surface area contributed by atoms with Gasteiger partial charge in [-0.3, -0.25) is 0 Å². The summed E-state index contributed by atoms with van der Waals surface area (Å²) in [5.41, 5.74) is 4.70. The normalized spacial score (nSPS) is 12.1. The van der Waals surface area contributed by atoms with E-state index < -0.39 is 0 Å². The van der Waals surface area contributed by atoms with Crippen LogP contribution in [0.25, 0.3) is 5.69 Å². The second kappa shape index (κ2) is 5.83. The lowest BCUT2D eigenvalue weighted by atomic mass is 10.1. The maximum absolute atomic E-state index is 4.32. The Balaban J connectivity index is 1.88. The number of nitrogens with one attached hydrogen (secondary N) is 1. The quantitative estimate of drug-likeness (QED) is 0.768. The topological polar surface area (TPSA) is 29.9 Å². The first-order valence-corrected chi connectivity index (χ1v) is 7.16. The van der Waals surface area contributed by atoms with Crippen LogP contribution in [0.15, 0.2) is 67.0 Å². The van der Waals surface area contributed by atoms with E-state index in [0.717, 1.165) is 11.4 Å². The summed E-state index contributed by atoms with van der Waals surface area (Å²) in [5, 5.41) is 7.90. The molecule has 1 heterocycles. The van der Waals surface area contributed by atoms with Gasteiger partial charge in [0.15, 0.2) is 0 Å². The molecule has 1 aromatic heterocycles. The van der Waals surface area contributed by atoms with Gasteiger partial charge in [-0.15, -0.1) is 0 Å². The maximum atomic E-state index is 4.32. The van der Waals surface area contributed by atoms with Crippen LogP contribution >= 0.6 is 0 Å². The van der Waals surface area contributed by atoms with E-state index in [1.165, 1.54) is 11.1 Å². The van der Waals surface area contributed by atoms with Crippen molar-refractivity contribution in [2.45, 2.75) is 19.9 Å². The van der Waals surface area contributed by atoms with Crippen molar-refractivity contribution >= 4 is 5.69 Å². The maximum Gasteiger partial charge on any atom is 0.0876 e. The highest BCUT2D eigenvalue weighted by molar-refractivity contribution is 5.61. The van der Waals surface area contributed by atoms with Crippen molar-refractivity contribution in [1.29, 1.82) is 0 Å². The monoisotopic (exact) mass is 277 g/mol. The van der Waals surface area contributed by atoms with Crippen molar-refractivity contribution in [3.8, 4) is 5.69 Å². The molecule has 106 valence electrons. The van der Waals surface area contributed by atoms with E-state index in [9.17, 15) is 0 Å². The molecule has 1 unspecified atom stereocenters. The van der Waals surface area contributed by atoms with E-state index in [4.69, 9.17) is 0 Å². The van der Waals surface area contributed by atoms with Crippen LogP contribution in [0.2, 0.25) is 0 Å². The average Bonchev–Trinajstić information content (AvgIpc) is 3.02. The van der Waals surface area contributed by atoms with Crippen molar-refractivity contribution in [2.24, 2.45) is 0 Å². The predicted molar refractivity (Wildman–Crippen MR) is 86.8 cm³/mol. The number of para-hydroxylation sites is 2. The minimum absolute atomic E-state index is 0.238. The van der Waals surface area contributed by atoms with Crippen molar-refractivity contribution in [1.82, 2.24) is 9.78 Å². The molecule has 3 rings (SSSR count). The molecule has 1 atom stereocenters. The number of aryl methyl sites for hydroxylation is 1. The first kappa shape index (κ1) is 13.4. The average molecular weight is 277 g/mol. The molecule has 2 aromatic carbocycles. The smallest absolute Gasteiger partial charge is 0.0876 e. The van der Waals surface area contributed by atoms with Crippen LogP contribution in [0, 0.1) is 6.92 Å². The molecule has 0 bridgehead atoms. The van der Waals surface area contributed by atoms with Crippen LogP contribution in [-0.4, -0.2) is 9.78 Å². The predicted octanol–water partition coefficient (Wildman–Crippen LogP) is 4.35. The Morgan fingerprint density at radius 3 is 2.67 bits per heavy atom. The third-order valence-corrected chi connectivity index (χ3v) is 3.57. The van der Waals surface area contributed by atoms with Gasteiger partial charge in [-0.1, -0.05) is 42.0 Å². The van der Waals surface area contributed by atoms with Gasteiger partial charge in [0.05, 0.1) is 11.4 Å². The Morgan fingerprint density at radius 2 is 1.90 bits per heavy atom. The van der Waals surface area contributed by atoms with Crippen LogP contribution in [0.4, 0.5) is 5.69 Å². The zero-order valence-corrected chi connectivity index (χ0v) is 12.3. The molecule has 3 nitrogen and oxygen atoms in total. The van der Waals surface area contributed by atoms with Gasteiger partial charge in [0.1, 0.15) is 0 Å². The van der Waals surface area contributed by atoms with Gasteiger partial charge in [0.25, 0.3) is 0 Å². The van der Waals surface area contributed by atoms with Gasteiger partial charge >= 0.3 is 0 Å². The Kier molecular flexibility index (Phi) is 3.73. The second-order valence-electron chi connectivity index (χ2n) is 5.25. The standard InChI is InChI=1S/C18H19N3/c1-14-7-5-8-16(13-14)15(2)20-17-9-3-4-10-18(17)21-12-6-11-19-21/h3-13,15,20H,1-2H3. The van der Waals surface area contributed by atoms with Gasteiger partial charge in [-0.05, 0) is 37.6 Å². The van der Waals surface area contributed by atoms with Gasteiger partial charge < -0.3 is 5.32 Å². The summed E-state index contributed by atoms with van der Waals surface area (Å²) in [6.07, 6.45) is 3.75. The summed E-state index contributed by atoms with van der Waals surface area (Å²) in [5.74, 6) is 0. The van der Waals surface area contributed by atoms with Crippen LogP contribution < -0.4 is 5.32 Å². The lowest BCUT2D eigenvalue weighted by molar-refractivity contribution is 0.852. The molecular formula is C18H19N3. The number of benzene rings is 2. The van der Waals surface area contributed by atoms with Crippen LogP contribution in [-0.2, 0) is 0 Å². The minimum Gasteiger partial charge on any atom is -0.377 e. The molecule has 0 aliphatic heterocycles. The Bertz CT molecular complexity index is 717. The van der Waals surface area contributed by atoms with Gasteiger partial charge in [-0.25, -0.2) is 4.68 Å². The molecule has 0 radical (unpaired) electrons. The molecule has 0 saturated carbocycles.